The fourth-order valence-corrected chi connectivity index (χ4v) is 1.09. The Labute approximate surface area is 67.7 Å². The second-order valence-electron chi connectivity index (χ2n) is 1.77. The van der Waals surface area contributed by atoms with Crippen LogP contribution in [-0.2, 0) is 11.3 Å². The van der Waals surface area contributed by atoms with Gasteiger partial charge in [-0.1, -0.05) is 23.7 Å². The third-order valence-corrected chi connectivity index (χ3v) is 1.64. The van der Waals surface area contributed by atoms with Crippen molar-refractivity contribution in [3.8, 4) is 0 Å². The van der Waals surface area contributed by atoms with Crippen LogP contribution in [0.1, 0.15) is 5.56 Å². The van der Waals surface area contributed by atoms with Crippen LogP contribution in [0.15, 0.2) is 24.3 Å². The summed E-state index contributed by atoms with van der Waals surface area (Å²) in [6, 6.07) is 7.15. The van der Waals surface area contributed by atoms with Crippen LogP contribution in [0, 0.1) is 0 Å². The van der Waals surface area contributed by atoms with Crippen molar-refractivity contribution in [2.75, 3.05) is 0 Å². The van der Waals surface area contributed by atoms with E-state index in [4.69, 9.17) is 11.6 Å². The maximum absolute atomic E-state index is 10.0. The number of hydrogen-bond donors (Lipinski definition) is 0. The molecule has 0 saturated carbocycles. The van der Waals surface area contributed by atoms with Gasteiger partial charge in [0.05, 0.1) is 11.3 Å². The molecule has 0 atom stereocenters. The Morgan fingerprint density at radius 3 is 2.90 bits per heavy atom. The van der Waals surface area contributed by atoms with Crippen molar-refractivity contribution in [2.45, 2.75) is 0 Å². The molecule has 1 aromatic carbocycles. The molecule has 3 heteroatoms. The van der Waals surface area contributed by atoms with Crippen LogP contribution in [0.25, 0.3) is 0 Å². The molecule has 1 aromatic rings. The van der Waals surface area contributed by atoms with Crippen molar-refractivity contribution in [2.24, 2.45) is 0 Å². The molecule has 0 bridgehead atoms. The minimum Gasteiger partial charge on any atom is -0.212 e. The predicted octanol–water partition coefficient (Wildman–Crippen LogP) is 1.70. The number of hydrogen-bond acceptors (Lipinski definition) is 1. The van der Waals surface area contributed by atoms with Crippen molar-refractivity contribution >= 4 is 28.2 Å². The van der Waals surface area contributed by atoms with E-state index in [1.54, 1.807) is 12.1 Å². The summed E-state index contributed by atoms with van der Waals surface area (Å²) in [4.78, 5) is 0. The summed E-state index contributed by atoms with van der Waals surface area (Å²) in [5.41, 5.74) is 0.854. The molecule has 0 heterocycles. The molecule has 0 fully saturated rings. The Morgan fingerprint density at radius 2 is 2.30 bits per heavy atom. The van der Waals surface area contributed by atoms with Gasteiger partial charge in [0.1, 0.15) is 0 Å². The Balaban J connectivity index is 3.06. The first-order valence-electron chi connectivity index (χ1n) is 2.70. The van der Waals surface area contributed by atoms with Gasteiger partial charge in [-0.25, -0.2) is 4.21 Å². The molecule has 10 heavy (non-hydrogen) atoms. The van der Waals surface area contributed by atoms with E-state index < -0.39 is 0 Å². The van der Waals surface area contributed by atoms with E-state index in [2.05, 4.69) is 0 Å². The van der Waals surface area contributed by atoms with Gasteiger partial charge in [0.15, 0.2) is 0 Å². The minimum absolute atomic E-state index is 0.430. The molecule has 0 aromatic heterocycles. The van der Waals surface area contributed by atoms with E-state index >= 15 is 0 Å². The molecule has 0 aliphatic rings. The monoisotopic (exact) mass is 172 g/mol. The van der Waals surface area contributed by atoms with Gasteiger partial charge < -0.3 is 0 Å². The molecule has 0 amide bonds. The summed E-state index contributed by atoms with van der Waals surface area (Å²) in [6.45, 7) is 0. The Kier molecular flexibility index (Phi) is 2.66. The van der Waals surface area contributed by atoms with E-state index in [0.29, 0.717) is 16.3 Å². The lowest BCUT2D eigenvalue weighted by atomic mass is 10.2. The van der Waals surface area contributed by atoms with Crippen molar-refractivity contribution < 1.29 is 4.21 Å². The normalized spacial score (nSPS) is 8.90. The van der Waals surface area contributed by atoms with E-state index in [9.17, 15) is 4.21 Å². The van der Waals surface area contributed by atoms with E-state index in [-0.39, 0.29) is 0 Å². The zero-order valence-electron chi connectivity index (χ0n) is 5.08. The van der Waals surface area contributed by atoms with Gasteiger partial charge in [-0.15, -0.1) is 0 Å². The first-order valence-corrected chi connectivity index (χ1v) is 3.88. The third-order valence-electron chi connectivity index (χ3n) is 1.03. The summed E-state index contributed by atoms with van der Waals surface area (Å²) in [7, 11) is 0. The van der Waals surface area contributed by atoms with E-state index in [0.717, 1.165) is 5.56 Å². The standard InChI is InChI=1S/C7H5ClOS/c8-7-3-1-2-6(4-7)5-10-9/h1-5H. The quantitative estimate of drug-likeness (QED) is 0.590. The maximum Gasteiger partial charge on any atom is 0.0891 e. The highest BCUT2D eigenvalue weighted by atomic mass is 35.5. The first-order chi connectivity index (χ1) is 4.83. The summed E-state index contributed by atoms with van der Waals surface area (Å²) < 4.78 is 10.0. The van der Waals surface area contributed by atoms with Gasteiger partial charge in [0, 0.05) is 10.4 Å². The molecular formula is C7H5ClOS. The van der Waals surface area contributed by atoms with Gasteiger partial charge in [0.25, 0.3) is 0 Å². The second kappa shape index (κ2) is 3.54. The van der Waals surface area contributed by atoms with Crippen LogP contribution in [0.3, 0.4) is 0 Å². The molecule has 1 rings (SSSR count). The maximum atomic E-state index is 10.0. The average molecular weight is 173 g/mol. The molecule has 0 N–H and O–H groups in total. The highest BCUT2D eigenvalue weighted by Crippen LogP contribution is 2.08. The number of benzene rings is 1. The number of rotatable bonds is 1. The summed E-state index contributed by atoms with van der Waals surface area (Å²) in [5, 5.41) is 2.16. The van der Waals surface area contributed by atoms with Crippen molar-refractivity contribution in [1.29, 1.82) is 0 Å². The summed E-state index contributed by atoms with van der Waals surface area (Å²) >= 11 is 6.08. The van der Waals surface area contributed by atoms with Crippen LogP contribution in [-0.4, -0.2) is 9.58 Å². The van der Waals surface area contributed by atoms with Gasteiger partial charge in [-0.2, -0.15) is 0 Å². The molecule has 0 saturated heterocycles. The summed E-state index contributed by atoms with van der Waals surface area (Å²) in [6.07, 6.45) is 0. The SMILES string of the molecule is O=S=Cc1cccc(Cl)c1. The van der Waals surface area contributed by atoms with Crippen molar-refractivity contribution in [3.63, 3.8) is 0 Å². The van der Waals surface area contributed by atoms with Crippen LogP contribution in [0.2, 0.25) is 5.02 Å². The molecule has 0 unspecified atom stereocenters. The fraction of sp³-hybridized carbons (Fsp3) is 0. The van der Waals surface area contributed by atoms with E-state index in [1.165, 1.54) is 5.37 Å². The van der Waals surface area contributed by atoms with Gasteiger partial charge >= 0.3 is 0 Å². The molecule has 0 spiro atoms. The lowest BCUT2D eigenvalue weighted by Gasteiger charge is -1.89. The van der Waals surface area contributed by atoms with Crippen molar-refractivity contribution in [3.05, 3.63) is 34.9 Å². The van der Waals surface area contributed by atoms with Gasteiger partial charge in [-0.05, 0) is 17.7 Å². The van der Waals surface area contributed by atoms with Crippen LogP contribution >= 0.6 is 11.6 Å². The average Bonchev–Trinajstić information content (AvgIpc) is 1.88. The van der Waals surface area contributed by atoms with Crippen molar-refractivity contribution in [1.82, 2.24) is 0 Å². The van der Waals surface area contributed by atoms with Gasteiger partial charge in [0.2, 0.25) is 0 Å². The van der Waals surface area contributed by atoms with E-state index in [1.807, 2.05) is 12.1 Å². The fourth-order valence-electron chi connectivity index (χ4n) is 0.635. The van der Waals surface area contributed by atoms with Crippen LogP contribution < -0.4 is 0 Å². The molecule has 52 valence electrons. The molecule has 0 aliphatic heterocycles. The smallest absolute Gasteiger partial charge is 0.0891 e. The highest BCUT2D eigenvalue weighted by Gasteiger charge is 1.87. The molecule has 0 aliphatic carbocycles. The Bertz CT molecular complexity index is 279. The lowest BCUT2D eigenvalue weighted by molar-refractivity contribution is 0.701. The highest BCUT2D eigenvalue weighted by molar-refractivity contribution is 7.65. The third kappa shape index (κ3) is 1.97. The second-order valence-corrected chi connectivity index (χ2v) is 2.63. The van der Waals surface area contributed by atoms with Crippen LogP contribution in [0.5, 0.6) is 0 Å². The molecular weight excluding hydrogens is 168 g/mol. The minimum atomic E-state index is 0.430. The zero-order chi connectivity index (χ0) is 7.40. The predicted molar refractivity (Wildman–Crippen MR) is 44.8 cm³/mol. The topological polar surface area (TPSA) is 17.1 Å². The summed E-state index contributed by atoms with van der Waals surface area (Å²) in [5.74, 6) is 0. The lowest BCUT2D eigenvalue weighted by Crippen LogP contribution is -1.77. The van der Waals surface area contributed by atoms with Gasteiger partial charge in [-0.3, -0.25) is 0 Å². The van der Waals surface area contributed by atoms with Crippen LogP contribution in [0.4, 0.5) is 0 Å². The first kappa shape index (κ1) is 7.51. The largest absolute Gasteiger partial charge is 0.212 e. The molecule has 0 radical (unpaired) electrons. The number of halogens is 1. The molecule has 1 nitrogen and oxygen atoms in total. The zero-order valence-corrected chi connectivity index (χ0v) is 6.65. The Morgan fingerprint density at radius 1 is 1.50 bits per heavy atom. The Hall–Kier alpha value is -0.600.